The monoisotopic (exact) mass is 628 g/mol. The summed E-state index contributed by atoms with van der Waals surface area (Å²) in [5.41, 5.74) is 3.12. The van der Waals surface area contributed by atoms with Crippen LogP contribution >= 0.6 is 0 Å². The van der Waals surface area contributed by atoms with Crippen LogP contribution in [0.4, 0.5) is 0 Å². The van der Waals surface area contributed by atoms with Gasteiger partial charge in [0.05, 0.1) is 32.0 Å². The van der Waals surface area contributed by atoms with E-state index < -0.39 is 9.84 Å². The minimum atomic E-state index is -3.83. The molecule has 1 fully saturated rings. The van der Waals surface area contributed by atoms with Crippen molar-refractivity contribution in [2.24, 2.45) is 5.92 Å². The van der Waals surface area contributed by atoms with Crippen molar-refractivity contribution in [3.63, 3.8) is 0 Å². The van der Waals surface area contributed by atoms with Gasteiger partial charge in [-0.05, 0) is 86.1 Å². The maximum atomic E-state index is 13.9. The highest BCUT2D eigenvalue weighted by molar-refractivity contribution is 7.95. The predicted molar refractivity (Wildman–Crippen MR) is 173 cm³/mol. The Labute approximate surface area is 264 Å². The molecule has 4 heterocycles. The van der Waals surface area contributed by atoms with E-state index in [2.05, 4.69) is 30.7 Å². The SMILES string of the molecule is CC(C)(C)c1nc2cc(S(=O)(=O)C3=CC(CCCCN4C(=O)c5ccccc5C4=O)=CNC=C3)ccc2n1CC1CCOCC1. The van der Waals surface area contributed by atoms with Crippen LogP contribution < -0.4 is 5.32 Å². The van der Waals surface area contributed by atoms with Crippen molar-refractivity contribution in [3.05, 3.63) is 94.4 Å². The number of rotatable bonds is 9. The molecule has 45 heavy (non-hydrogen) atoms. The molecule has 0 radical (unpaired) electrons. The van der Waals surface area contributed by atoms with Gasteiger partial charge in [0.2, 0.25) is 9.84 Å². The van der Waals surface area contributed by atoms with Crippen LogP contribution in [0.15, 0.2) is 82.4 Å². The van der Waals surface area contributed by atoms with E-state index in [1.807, 2.05) is 6.07 Å². The highest BCUT2D eigenvalue weighted by Gasteiger charge is 2.34. The Morgan fingerprint density at radius 2 is 1.71 bits per heavy atom. The Morgan fingerprint density at radius 1 is 1.00 bits per heavy atom. The number of unbranched alkanes of at least 4 members (excludes halogenated alkanes) is 1. The number of aromatic nitrogens is 2. The van der Waals surface area contributed by atoms with Crippen LogP contribution in [0.5, 0.6) is 0 Å². The highest BCUT2D eigenvalue weighted by Crippen LogP contribution is 2.32. The molecule has 0 saturated carbocycles. The molecular formula is C35H40N4O5S. The standard InChI is InChI=1S/C35H40N4O5S/c1-35(2,3)34-37-30-21-26(11-12-31(30)39(34)23-24-14-18-44-19-15-24)45(42,43)27-13-16-36-22-25(20-27)8-6-7-17-38-32(40)28-9-4-5-10-29(28)33(38)41/h4-5,9-13,16,20-22,24,36H,6-8,14-15,17-19,23H2,1-3H3. The number of amides is 2. The van der Waals surface area contributed by atoms with Crippen LogP contribution in [0.1, 0.15) is 79.4 Å². The first-order valence-electron chi connectivity index (χ1n) is 15.7. The lowest BCUT2D eigenvalue weighted by molar-refractivity contribution is 0.0611. The third-order valence-corrected chi connectivity index (χ3v) is 10.5. The van der Waals surface area contributed by atoms with E-state index in [0.717, 1.165) is 49.5 Å². The Hall–Kier alpha value is -4.02. The number of imide groups is 1. The number of carbonyl (C=O) groups is 2. The molecule has 2 aromatic carbocycles. The zero-order chi connectivity index (χ0) is 31.8. The van der Waals surface area contributed by atoms with Gasteiger partial charge in [-0.3, -0.25) is 14.5 Å². The zero-order valence-electron chi connectivity index (χ0n) is 26.1. The predicted octanol–water partition coefficient (Wildman–Crippen LogP) is 5.89. The molecule has 1 N–H and O–H groups in total. The summed E-state index contributed by atoms with van der Waals surface area (Å²) in [5.74, 6) is 0.918. The molecule has 10 heteroatoms. The van der Waals surface area contributed by atoms with E-state index in [1.165, 1.54) is 4.90 Å². The lowest BCUT2D eigenvalue weighted by Gasteiger charge is -2.26. The molecule has 9 nitrogen and oxygen atoms in total. The van der Waals surface area contributed by atoms with Gasteiger partial charge in [0.1, 0.15) is 5.82 Å². The molecule has 1 saturated heterocycles. The van der Waals surface area contributed by atoms with Crippen molar-refractivity contribution < 1.29 is 22.7 Å². The van der Waals surface area contributed by atoms with Crippen molar-refractivity contribution in [2.45, 2.75) is 69.7 Å². The first-order chi connectivity index (χ1) is 21.5. The van der Waals surface area contributed by atoms with E-state index in [9.17, 15) is 18.0 Å². The molecule has 1 aromatic heterocycles. The minimum absolute atomic E-state index is 0.191. The second-order valence-electron chi connectivity index (χ2n) is 13.0. The van der Waals surface area contributed by atoms with Crippen LogP contribution in [0.2, 0.25) is 0 Å². The third-order valence-electron chi connectivity index (χ3n) is 8.71. The lowest BCUT2D eigenvalue weighted by Crippen LogP contribution is -2.30. The topological polar surface area (TPSA) is 111 Å². The number of imidazole rings is 1. The Bertz CT molecular complexity index is 1800. The average molecular weight is 629 g/mol. The van der Waals surface area contributed by atoms with Crippen LogP contribution in [0.25, 0.3) is 11.0 Å². The van der Waals surface area contributed by atoms with Crippen molar-refractivity contribution in [2.75, 3.05) is 19.8 Å². The summed E-state index contributed by atoms with van der Waals surface area (Å²) < 4.78 is 35.7. The summed E-state index contributed by atoms with van der Waals surface area (Å²) in [6.07, 6.45) is 10.6. The Balaban J connectivity index is 1.17. The largest absolute Gasteiger partial charge is 0.381 e. The number of hydrogen-bond acceptors (Lipinski definition) is 7. The van der Waals surface area contributed by atoms with Gasteiger partial charge in [0.25, 0.3) is 11.8 Å². The van der Waals surface area contributed by atoms with E-state index >= 15 is 0 Å². The molecule has 236 valence electrons. The van der Waals surface area contributed by atoms with Gasteiger partial charge in [-0.15, -0.1) is 0 Å². The second kappa shape index (κ2) is 12.4. The van der Waals surface area contributed by atoms with Gasteiger partial charge < -0.3 is 14.6 Å². The van der Waals surface area contributed by atoms with Crippen molar-refractivity contribution in [1.29, 1.82) is 0 Å². The van der Waals surface area contributed by atoms with E-state index in [0.29, 0.717) is 48.4 Å². The molecule has 0 spiro atoms. The van der Waals surface area contributed by atoms with Crippen LogP contribution in [0, 0.1) is 5.92 Å². The number of fused-ring (bicyclic) bond motifs is 2. The first-order valence-corrected chi connectivity index (χ1v) is 17.1. The number of benzene rings is 2. The van der Waals surface area contributed by atoms with Gasteiger partial charge in [-0.2, -0.15) is 0 Å². The smallest absolute Gasteiger partial charge is 0.261 e. The number of hydrogen-bond donors (Lipinski definition) is 1. The quantitative estimate of drug-likeness (QED) is 0.233. The van der Waals surface area contributed by atoms with Gasteiger partial charge in [-0.25, -0.2) is 13.4 Å². The number of sulfone groups is 1. The first kappa shape index (κ1) is 31.0. The zero-order valence-corrected chi connectivity index (χ0v) is 26.9. The molecule has 0 aliphatic carbocycles. The summed E-state index contributed by atoms with van der Waals surface area (Å²) in [6.45, 7) is 9.09. The summed E-state index contributed by atoms with van der Waals surface area (Å²) in [5, 5.41) is 3.05. The fourth-order valence-corrected chi connectivity index (χ4v) is 7.61. The molecular weight excluding hydrogens is 588 g/mol. The molecule has 0 atom stereocenters. The fourth-order valence-electron chi connectivity index (χ4n) is 6.27. The summed E-state index contributed by atoms with van der Waals surface area (Å²) in [7, 11) is -3.83. The molecule has 0 unspecified atom stereocenters. The minimum Gasteiger partial charge on any atom is -0.381 e. The number of carbonyl (C=O) groups excluding carboxylic acids is 2. The van der Waals surface area contributed by atoms with Gasteiger partial charge in [0, 0.05) is 44.1 Å². The van der Waals surface area contributed by atoms with Crippen molar-refractivity contribution in [1.82, 2.24) is 19.8 Å². The summed E-state index contributed by atoms with van der Waals surface area (Å²) in [6, 6.07) is 12.1. The summed E-state index contributed by atoms with van der Waals surface area (Å²) >= 11 is 0. The van der Waals surface area contributed by atoms with Gasteiger partial charge in [0.15, 0.2) is 0 Å². The summed E-state index contributed by atoms with van der Waals surface area (Å²) in [4.78, 5) is 32.0. The highest BCUT2D eigenvalue weighted by atomic mass is 32.2. The number of allylic oxidation sites excluding steroid dienone is 3. The van der Waals surface area contributed by atoms with Crippen LogP contribution in [-0.4, -0.2) is 54.4 Å². The second-order valence-corrected chi connectivity index (χ2v) is 15.0. The fraction of sp³-hybridized carbons (Fsp3) is 0.400. The number of ether oxygens (including phenoxy) is 1. The molecule has 3 aromatic rings. The van der Waals surface area contributed by atoms with Crippen LogP contribution in [0.3, 0.4) is 0 Å². The average Bonchev–Trinajstić information content (AvgIpc) is 3.37. The van der Waals surface area contributed by atoms with Crippen molar-refractivity contribution in [3.8, 4) is 0 Å². The number of nitrogens with one attached hydrogen (secondary N) is 1. The maximum Gasteiger partial charge on any atom is 0.261 e. The van der Waals surface area contributed by atoms with Gasteiger partial charge >= 0.3 is 0 Å². The van der Waals surface area contributed by atoms with E-state index in [1.54, 1.807) is 61.0 Å². The van der Waals surface area contributed by atoms with Crippen LogP contribution in [-0.2, 0) is 26.5 Å². The molecule has 3 aliphatic rings. The van der Waals surface area contributed by atoms with Gasteiger partial charge in [-0.1, -0.05) is 32.9 Å². The maximum absolute atomic E-state index is 13.9. The molecule has 6 rings (SSSR count). The van der Waals surface area contributed by atoms with Crippen molar-refractivity contribution >= 4 is 32.7 Å². The third kappa shape index (κ3) is 6.26. The number of nitrogens with zero attached hydrogens (tertiary/aromatic N) is 3. The lowest BCUT2D eigenvalue weighted by atomic mass is 9.94. The Kier molecular flexibility index (Phi) is 8.54. The molecule has 2 amide bonds. The molecule has 3 aliphatic heterocycles. The molecule has 0 bridgehead atoms. The Morgan fingerprint density at radius 3 is 2.40 bits per heavy atom. The van der Waals surface area contributed by atoms with E-state index in [4.69, 9.17) is 9.72 Å². The normalized spacial score (nSPS) is 17.7. The van der Waals surface area contributed by atoms with E-state index in [-0.39, 0.29) is 27.0 Å².